The Kier molecular flexibility index (Phi) is 5.72. The Morgan fingerprint density at radius 1 is 1.04 bits per heavy atom. The highest BCUT2D eigenvalue weighted by Crippen LogP contribution is 2.24. The van der Waals surface area contributed by atoms with E-state index in [1.807, 2.05) is 42.1 Å². The van der Waals surface area contributed by atoms with Crippen LogP contribution in [0.4, 0.5) is 10.1 Å². The van der Waals surface area contributed by atoms with Crippen LogP contribution in [0.5, 0.6) is 0 Å². The van der Waals surface area contributed by atoms with Crippen molar-refractivity contribution in [3.05, 3.63) is 66.0 Å². The number of nitrogens with one attached hydrogen (secondary N) is 2. The number of benzene rings is 2. The second-order valence-corrected chi connectivity index (χ2v) is 6.81. The number of thioether (sulfide) groups is 1. The maximum absolute atomic E-state index is 13.0. The lowest BCUT2D eigenvalue weighted by molar-refractivity contribution is -0.126. The van der Waals surface area contributed by atoms with Crippen molar-refractivity contribution >= 4 is 23.4 Å². The van der Waals surface area contributed by atoms with E-state index in [-0.39, 0.29) is 17.8 Å². The van der Waals surface area contributed by atoms with Gasteiger partial charge in [0.2, 0.25) is 0 Å². The second kappa shape index (κ2) is 8.17. The maximum Gasteiger partial charge on any atom is 0.260 e. The van der Waals surface area contributed by atoms with Crippen LogP contribution in [0.15, 0.2) is 54.6 Å². The molecule has 1 atom stereocenters. The highest BCUT2D eigenvalue weighted by atomic mass is 32.2. The Morgan fingerprint density at radius 3 is 2.38 bits per heavy atom. The zero-order chi connectivity index (χ0) is 16.8. The van der Waals surface area contributed by atoms with Gasteiger partial charge in [-0.05, 0) is 29.8 Å². The van der Waals surface area contributed by atoms with Crippen LogP contribution in [0.3, 0.4) is 0 Å². The predicted molar refractivity (Wildman–Crippen MR) is 96.2 cm³/mol. The molecule has 0 spiro atoms. The highest BCUT2D eigenvalue weighted by Gasteiger charge is 2.28. The first-order chi connectivity index (χ1) is 11.7. The van der Waals surface area contributed by atoms with Gasteiger partial charge >= 0.3 is 0 Å². The summed E-state index contributed by atoms with van der Waals surface area (Å²) in [7, 11) is 0. The number of hydrazine groups is 1. The summed E-state index contributed by atoms with van der Waals surface area (Å²) in [5.74, 6) is 1.64. The van der Waals surface area contributed by atoms with Crippen molar-refractivity contribution in [2.24, 2.45) is 0 Å². The van der Waals surface area contributed by atoms with Crippen LogP contribution < -0.4 is 10.9 Å². The van der Waals surface area contributed by atoms with Crippen LogP contribution in [-0.2, 0) is 4.79 Å². The number of carbonyl (C=O) groups excluding carboxylic acids is 1. The number of hydrogen-bond acceptors (Lipinski definition) is 4. The smallest absolute Gasteiger partial charge is 0.260 e. The molecule has 0 aromatic heterocycles. The molecule has 1 saturated heterocycles. The van der Waals surface area contributed by atoms with Crippen LogP contribution in [-0.4, -0.2) is 35.4 Å². The van der Waals surface area contributed by atoms with Crippen molar-refractivity contribution < 1.29 is 9.18 Å². The van der Waals surface area contributed by atoms with Crippen molar-refractivity contribution in [1.29, 1.82) is 0 Å². The van der Waals surface area contributed by atoms with E-state index in [9.17, 15) is 9.18 Å². The molecule has 0 bridgehead atoms. The molecule has 24 heavy (non-hydrogen) atoms. The Hall–Kier alpha value is -2.05. The van der Waals surface area contributed by atoms with E-state index >= 15 is 0 Å². The zero-order valence-electron chi connectivity index (χ0n) is 13.2. The Morgan fingerprint density at radius 2 is 1.71 bits per heavy atom. The first-order valence-electron chi connectivity index (χ1n) is 7.92. The van der Waals surface area contributed by atoms with E-state index < -0.39 is 0 Å². The summed E-state index contributed by atoms with van der Waals surface area (Å²) in [6.45, 7) is 1.77. The number of carbonyl (C=O) groups is 1. The lowest BCUT2D eigenvalue weighted by Gasteiger charge is -2.33. The summed E-state index contributed by atoms with van der Waals surface area (Å²) in [6, 6.07) is 15.3. The predicted octanol–water partition coefficient (Wildman–Crippen LogP) is 3.06. The second-order valence-electron chi connectivity index (χ2n) is 5.58. The third-order valence-corrected chi connectivity index (χ3v) is 4.89. The molecule has 126 valence electrons. The van der Waals surface area contributed by atoms with Crippen LogP contribution >= 0.6 is 11.8 Å². The molecule has 1 heterocycles. The molecule has 1 amide bonds. The molecule has 0 aliphatic carbocycles. The summed E-state index contributed by atoms with van der Waals surface area (Å²) in [5.41, 5.74) is 7.24. The topological polar surface area (TPSA) is 44.4 Å². The molecule has 0 unspecified atom stereocenters. The van der Waals surface area contributed by atoms with Crippen molar-refractivity contribution in [2.75, 3.05) is 30.0 Å². The van der Waals surface area contributed by atoms with Crippen molar-refractivity contribution in [3.63, 3.8) is 0 Å². The van der Waals surface area contributed by atoms with Gasteiger partial charge in [-0.3, -0.25) is 20.5 Å². The van der Waals surface area contributed by atoms with Gasteiger partial charge in [-0.1, -0.05) is 30.3 Å². The molecule has 1 aliphatic rings. The molecule has 4 nitrogen and oxygen atoms in total. The fourth-order valence-corrected chi connectivity index (χ4v) is 3.67. The minimum atomic E-state index is -0.333. The quantitative estimate of drug-likeness (QED) is 0.818. The molecule has 0 radical (unpaired) electrons. The third-order valence-electron chi connectivity index (χ3n) is 3.95. The van der Waals surface area contributed by atoms with Gasteiger partial charge in [-0.15, -0.1) is 0 Å². The molecule has 2 N–H and O–H groups in total. The van der Waals surface area contributed by atoms with Crippen molar-refractivity contribution in [1.82, 2.24) is 10.3 Å². The van der Waals surface area contributed by atoms with E-state index in [4.69, 9.17) is 0 Å². The average Bonchev–Trinajstić information content (AvgIpc) is 2.63. The van der Waals surface area contributed by atoms with Gasteiger partial charge in [-0.25, -0.2) is 4.39 Å². The van der Waals surface area contributed by atoms with Crippen LogP contribution in [0, 0.1) is 5.82 Å². The molecule has 0 saturated carbocycles. The van der Waals surface area contributed by atoms with Gasteiger partial charge in [0.25, 0.3) is 5.91 Å². The fourth-order valence-electron chi connectivity index (χ4n) is 2.73. The average molecular weight is 345 g/mol. The number of hydrogen-bond donors (Lipinski definition) is 2. The van der Waals surface area contributed by atoms with Crippen molar-refractivity contribution in [2.45, 2.75) is 6.04 Å². The largest absolute Gasteiger partial charge is 0.299 e. The van der Waals surface area contributed by atoms with Gasteiger partial charge in [0.15, 0.2) is 0 Å². The van der Waals surface area contributed by atoms with E-state index in [0.717, 1.165) is 30.2 Å². The van der Waals surface area contributed by atoms with E-state index in [1.54, 1.807) is 12.1 Å². The van der Waals surface area contributed by atoms with Crippen LogP contribution in [0.25, 0.3) is 0 Å². The summed E-state index contributed by atoms with van der Waals surface area (Å²) >= 11 is 1.91. The first kappa shape index (κ1) is 16.8. The number of halogens is 1. The Labute approximate surface area is 145 Å². The summed E-state index contributed by atoms with van der Waals surface area (Å²) < 4.78 is 13.0. The van der Waals surface area contributed by atoms with Gasteiger partial charge in [0.1, 0.15) is 11.9 Å². The Bertz CT molecular complexity index is 660. The van der Waals surface area contributed by atoms with E-state index in [2.05, 4.69) is 15.8 Å². The van der Waals surface area contributed by atoms with Crippen LogP contribution in [0.1, 0.15) is 11.6 Å². The van der Waals surface area contributed by atoms with Crippen LogP contribution in [0.2, 0.25) is 0 Å². The minimum Gasteiger partial charge on any atom is -0.299 e. The standard InChI is InChI=1S/C18H20FN3OS/c19-15-6-8-16(9-7-15)20-21-18(23)17(14-4-2-1-3-5-14)22-10-12-24-13-11-22/h1-9,17,20H,10-13H2,(H,21,23)/t17-/m0/s1. The molecular weight excluding hydrogens is 325 g/mol. The van der Waals surface area contributed by atoms with E-state index in [0.29, 0.717) is 5.69 Å². The number of amides is 1. The number of nitrogens with zero attached hydrogens (tertiary/aromatic N) is 1. The number of anilines is 1. The zero-order valence-corrected chi connectivity index (χ0v) is 14.1. The normalized spacial score (nSPS) is 16.4. The summed E-state index contributed by atoms with van der Waals surface area (Å²) in [5, 5.41) is 0. The monoisotopic (exact) mass is 345 g/mol. The van der Waals surface area contributed by atoms with Gasteiger partial charge in [-0.2, -0.15) is 11.8 Å². The molecule has 1 aliphatic heterocycles. The molecule has 2 aromatic rings. The van der Waals surface area contributed by atoms with Gasteiger partial charge in [0, 0.05) is 24.6 Å². The molecular formula is C18H20FN3OS. The highest BCUT2D eigenvalue weighted by molar-refractivity contribution is 7.99. The lowest BCUT2D eigenvalue weighted by atomic mass is 10.0. The van der Waals surface area contributed by atoms with E-state index in [1.165, 1.54) is 12.1 Å². The molecule has 1 fully saturated rings. The molecule has 2 aromatic carbocycles. The summed E-state index contributed by atoms with van der Waals surface area (Å²) in [6.07, 6.45) is 0. The summed E-state index contributed by atoms with van der Waals surface area (Å²) in [4.78, 5) is 15.0. The Balaban J connectivity index is 1.72. The lowest BCUT2D eigenvalue weighted by Crippen LogP contribution is -2.45. The van der Waals surface area contributed by atoms with Crippen molar-refractivity contribution in [3.8, 4) is 0 Å². The third kappa shape index (κ3) is 4.27. The van der Waals surface area contributed by atoms with Gasteiger partial charge < -0.3 is 0 Å². The fraction of sp³-hybridized carbons (Fsp3) is 0.278. The SMILES string of the molecule is O=C(NNc1ccc(F)cc1)[C@H](c1ccccc1)N1CCSCC1. The van der Waals surface area contributed by atoms with Gasteiger partial charge in [0.05, 0.1) is 5.69 Å². The molecule has 6 heteroatoms. The number of rotatable bonds is 5. The first-order valence-corrected chi connectivity index (χ1v) is 9.08. The molecule has 3 rings (SSSR count). The maximum atomic E-state index is 13.0. The minimum absolute atomic E-state index is 0.113.